The van der Waals surface area contributed by atoms with E-state index in [1.165, 1.54) is 13.4 Å². The number of nitro groups is 1. The third-order valence-corrected chi connectivity index (χ3v) is 2.20. The quantitative estimate of drug-likeness (QED) is 0.562. The van der Waals surface area contributed by atoms with Crippen molar-refractivity contribution in [2.75, 3.05) is 31.7 Å². The van der Waals surface area contributed by atoms with Gasteiger partial charge in [0.1, 0.15) is 6.33 Å². The number of nitrogens with zero attached hydrogens (tertiary/aromatic N) is 4. The van der Waals surface area contributed by atoms with Gasteiger partial charge in [-0.3, -0.25) is 10.1 Å². The Balaban J connectivity index is 3.25. The molecule has 0 saturated carbocycles. The molecule has 0 atom stereocenters. The van der Waals surface area contributed by atoms with Crippen LogP contribution in [0.2, 0.25) is 0 Å². The Morgan fingerprint density at radius 2 is 2.29 bits per heavy atom. The van der Waals surface area contributed by atoms with Gasteiger partial charge in [0.25, 0.3) is 5.88 Å². The van der Waals surface area contributed by atoms with Crippen molar-refractivity contribution in [3.05, 3.63) is 16.4 Å². The van der Waals surface area contributed by atoms with Crippen molar-refractivity contribution in [3.63, 3.8) is 0 Å². The summed E-state index contributed by atoms with van der Waals surface area (Å²) in [5.74, 6) is 0.0646. The van der Waals surface area contributed by atoms with Crippen molar-refractivity contribution in [1.82, 2.24) is 9.97 Å². The number of ether oxygens (including phenoxy) is 1. The molecule has 0 spiro atoms. The molecule has 0 saturated heterocycles. The summed E-state index contributed by atoms with van der Waals surface area (Å²) in [6.45, 7) is 2.45. The van der Waals surface area contributed by atoms with Crippen LogP contribution in [-0.4, -0.2) is 46.8 Å². The zero-order valence-corrected chi connectivity index (χ0v) is 9.66. The number of aromatic nitrogens is 2. The average molecular weight is 242 g/mol. The van der Waals surface area contributed by atoms with E-state index in [1.807, 2.05) is 6.92 Å². The van der Waals surface area contributed by atoms with E-state index in [1.54, 1.807) is 4.90 Å². The van der Waals surface area contributed by atoms with Crippen LogP contribution >= 0.6 is 0 Å². The minimum absolute atomic E-state index is 0.0867. The minimum atomic E-state index is -0.589. The van der Waals surface area contributed by atoms with Crippen LogP contribution in [0.25, 0.3) is 0 Å². The van der Waals surface area contributed by atoms with Gasteiger partial charge in [-0.2, -0.15) is 4.98 Å². The van der Waals surface area contributed by atoms with E-state index in [2.05, 4.69) is 9.97 Å². The average Bonchev–Trinajstić information content (AvgIpc) is 2.34. The highest BCUT2D eigenvalue weighted by Gasteiger charge is 2.26. The molecule has 0 fully saturated rings. The molecular weight excluding hydrogens is 228 g/mol. The van der Waals surface area contributed by atoms with E-state index in [4.69, 9.17) is 9.84 Å². The Kier molecular flexibility index (Phi) is 4.58. The number of hydrogen-bond donors (Lipinski definition) is 1. The highest BCUT2D eigenvalue weighted by molar-refractivity contribution is 5.62. The molecule has 1 aromatic rings. The zero-order valence-electron chi connectivity index (χ0n) is 9.66. The monoisotopic (exact) mass is 242 g/mol. The van der Waals surface area contributed by atoms with Gasteiger partial charge in [-0.15, -0.1) is 0 Å². The first kappa shape index (κ1) is 13.1. The van der Waals surface area contributed by atoms with Crippen LogP contribution in [-0.2, 0) is 0 Å². The summed E-state index contributed by atoms with van der Waals surface area (Å²) in [5.41, 5.74) is -0.287. The van der Waals surface area contributed by atoms with Gasteiger partial charge < -0.3 is 14.7 Å². The number of rotatable bonds is 6. The second kappa shape index (κ2) is 5.94. The van der Waals surface area contributed by atoms with E-state index in [0.29, 0.717) is 6.54 Å². The van der Waals surface area contributed by atoms with Crippen molar-refractivity contribution >= 4 is 11.5 Å². The van der Waals surface area contributed by atoms with Gasteiger partial charge in [-0.1, -0.05) is 0 Å². The molecule has 94 valence electrons. The third kappa shape index (κ3) is 2.78. The normalized spacial score (nSPS) is 10.1. The molecule has 1 rings (SSSR count). The van der Waals surface area contributed by atoms with Crippen molar-refractivity contribution in [1.29, 1.82) is 0 Å². The van der Waals surface area contributed by atoms with Crippen molar-refractivity contribution in [2.45, 2.75) is 6.92 Å². The lowest BCUT2D eigenvalue weighted by molar-refractivity contribution is -0.385. The van der Waals surface area contributed by atoms with Crippen LogP contribution in [0.4, 0.5) is 11.5 Å². The lowest BCUT2D eigenvalue weighted by Gasteiger charge is -2.20. The SMILES string of the molecule is CCN(CCO)c1ncnc(OC)c1[N+](=O)[O-]. The first-order valence-corrected chi connectivity index (χ1v) is 5.04. The van der Waals surface area contributed by atoms with Crippen molar-refractivity contribution < 1.29 is 14.8 Å². The summed E-state index contributed by atoms with van der Waals surface area (Å²) in [7, 11) is 1.31. The standard InChI is InChI=1S/C9H14N4O4/c1-3-12(4-5-14)8-7(13(15)16)9(17-2)11-6-10-8/h6,14H,3-5H2,1-2H3. The summed E-state index contributed by atoms with van der Waals surface area (Å²) < 4.78 is 4.84. The number of methoxy groups -OCH3 is 1. The van der Waals surface area contributed by atoms with Gasteiger partial charge in [0, 0.05) is 13.1 Å². The Morgan fingerprint density at radius 3 is 2.76 bits per heavy atom. The van der Waals surface area contributed by atoms with Gasteiger partial charge in [0.2, 0.25) is 5.82 Å². The Morgan fingerprint density at radius 1 is 1.59 bits per heavy atom. The highest BCUT2D eigenvalue weighted by atomic mass is 16.6. The maximum absolute atomic E-state index is 11.0. The smallest absolute Gasteiger partial charge is 0.372 e. The predicted molar refractivity (Wildman–Crippen MR) is 60.2 cm³/mol. The van der Waals surface area contributed by atoms with E-state index in [-0.39, 0.29) is 30.5 Å². The molecular formula is C9H14N4O4. The van der Waals surface area contributed by atoms with Crippen molar-refractivity contribution in [3.8, 4) is 5.88 Å². The zero-order chi connectivity index (χ0) is 12.8. The van der Waals surface area contributed by atoms with Gasteiger partial charge in [-0.25, -0.2) is 4.98 Å². The maximum Gasteiger partial charge on any atom is 0.372 e. The topological polar surface area (TPSA) is 102 Å². The molecule has 1 aromatic heterocycles. The summed E-state index contributed by atoms with van der Waals surface area (Å²) in [5, 5.41) is 19.9. The predicted octanol–water partition coefficient (Wildman–Crippen LogP) is 0.212. The number of aliphatic hydroxyl groups is 1. The summed E-state index contributed by atoms with van der Waals surface area (Å²) in [6, 6.07) is 0. The van der Waals surface area contributed by atoms with Crippen LogP contribution in [0, 0.1) is 10.1 Å². The van der Waals surface area contributed by atoms with Gasteiger partial charge in [0.15, 0.2) is 0 Å². The van der Waals surface area contributed by atoms with E-state index < -0.39 is 4.92 Å². The van der Waals surface area contributed by atoms with Crippen LogP contribution in [0.15, 0.2) is 6.33 Å². The Hall–Kier alpha value is -1.96. The Bertz CT molecular complexity index is 399. The first-order valence-electron chi connectivity index (χ1n) is 5.04. The van der Waals surface area contributed by atoms with Gasteiger partial charge >= 0.3 is 5.69 Å². The molecule has 0 aromatic carbocycles. The van der Waals surface area contributed by atoms with Crippen LogP contribution < -0.4 is 9.64 Å². The second-order valence-electron chi connectivity index (χ2n) is 3.12. The fourth-order valence-corrected chi connectivity index (χ4v) is 1.43. The van der Waals surface area contributed by atoms with Crippen LogP contribution in [0.5, 0.6) is 5.88 Å². The summed E-state index contributed by atoms with van der Waals surface area (Å²) in [4.78, 5) is 19.6. The molecule has 0 radical (unpaired) electrons. The van der Waals surface area contributed by atoms with E-state index in [0.717, 1.165) is 0 Å². The molecule has 0 aliphatic carbocycles. The van der Waals surface area contributed by atoms with Gasteiger partial charge in [-0.05, 0) is 6.92 Å². The first-order chi connectivity index (χ1) is 8.15. The third-order valence-electron chi connectivity index (χ3n) is 2.20. The second-order valence-corrected chi connectivity index (χ2v) is 3.12. The molecule has 0 aliphatic rings. The van der Waals surface area contributed by atoms with Crippen molar-refractivity contribution in [2.24, 2.45) is 0 Å². The highest BCUT2D eigenvalue weighted by Crippen LogP contribution is 2.32. The number of anilines is 1. The van der Waals surface area contributed by atoms with Crippen LogP contribution in [0.3, 0.4) is 0 Å². The van der Waals surface area contributed by atoms with Gasteiger partial charge in [0.05, 0.1) is 18.6 Å². The molecule has 1 N–H and O–H groups in total. The molecule has 0 bridgehead atoms. The maximum atomic E-state index is 11.0. The molecule has 0 amide bonds. The largest absolute Gasteiger partial charge is 0.476 e. The lowest BCUT2D eigenvalue weighted by atomic mass is 10.4. The minimum Gasteiger partial charge on any atom is -0.476 e. The van der Waals surface area contributed by atoms with E-state index in [9.17, 15) is 10.1 Å². The molecule has 0 unspecified atom stereocenters. The summed E-state index contributed by atoms with van der Waals surface area (Å²) >= 11 is 0. The molecule has 0 aliphatic heterocycles. The molecule has 8 heteroatoms. The van der Waals surface area contributed by atoms with Crippen LogP contribution in [0.1, 0.15) is 6.92 Å². The number of aliphatic hydroxyl groups excluding tert-OH is 1. The number of hydrogen-bond acceptors (Lipinski definition) is 7. The van der Waals surface area contributed by atoms with E-state index >= 15 is 0 Å². The summed E-state index contributed by atoms with van der Waals surface area (Å²) in [6.07, 6.45) is 1.20. The number of likely N-dealkylation sites (N-methyl/N-ethyl adjacent to an activating group) is 1. The lowest BCUT2D eigenvalue weighted by Crippen LogP contribution is -2.28. The molecule has 1 heterocycles. The molecule has 17 heavy (non-hydrogen) atoms. The fraction of sp³-hybridized carbons (Fsp3) is 0.556. The molecule has 8 nitrogen and oxygen atoms in total. The fourth-order valence-electron chi connectivity index (χ4n) is 1.43. The Labute approximate surface area is 98.0 Å².